The highest BCUT2D eigenvalue weighted by molar-refractivity contribution is 6.39. The molecule has 5 nitrogen and oxygen atoms in total. The Hall–Kier alpha value is -2.73. The maximum Gasteiger partial charge on any atom is 0.313 e. The van der Waals surface area contributed by atoms with Gasteiger partial charge in [0.1, 0.15) is 5.82 Å². The van der Waals surface area contributed by atoms with E-state index >= 15 is 0 Å². The van der Waals surface area contributed by atoms with Crippen LogP contribution in [0, 0.1) is 12.7 Å². The van der Waals surface area contributed by atoms with Gasteiger partial charge in [0.15, 0.2) is 0 Å². The fourth-order valence-electron chi connectivity index (χ4n) is 2.40. The van der Waals surface area contributed by atoms with E-state index in [-0.39, 0.29) is 12.1 Å². The second-order valence-corrected chi connectivity index (χ2v) is 5.97. The highest BCUT2D eigenvalue weighted by Crippen LogP contribution is 2.18. The van der Waals surface area contributed by atoms with Gasteiger partial charge in [-0.25, -0.2) is 4.39 Å². The zero-order valence-corrected chi connectivity index (χ0v) is 14.1. The molecule has 2 amide bonds. The second-order valence-electron chi connectivity index (χ2n) is 5.97. The minimum absolute atomic E-state index is 0.0530. The highest BCUT2D eigenvalue weighted by atomic mass is 19.1. The van der Waals surface area contributed by atoms with E-state index in [0.717, 1.165) is 5.56 Å². The maximum absolute atomic E-state index is 13.7. The summed E-state index contributed by atoms with van der Waals surface area (Å²) in [4.78, 5) is 23.8. The average molecular weight is 344 g/mol. The lowest BCUT2D eigenvalue weighted by atomic mass is 10.0. The van der Waals surface area contributed by atoms with Crippen LogP contribution >= 0.6 is 0 Å². The Balaban J connectivity index is 1.88. The molecule has 0 saturated carbocycles. The van der Waals surface area contributed by atoms with Crippen LogP contribution in [0.15, 0.2) is 48.5 Å². The molecule has 25 heavy (non-hydrogen) atoms. The smallest absolute Gasteiger partial charge is 0.313 e. The van der Waals surface area contributed by atoms with Gasteiger partial charge >= 0.3 is 11.8 Å². The normalized spacial score (nSPS) is 13.0. The number of hydrogen-bond acceptors (Lipinski definition) is 3. The lowest BCUT2D eigenvalue weighted by molar-refractivity contribution is -0.136. The second kappa shape index (κ2) is 8.39. The standard InChI is InChI=1S/C19H21FN2O3/c1-12-8-9-16(15(20)10-12)22-19(25)18(24)21-13(2)11-17(23)14-6-4-3-5-7-14/h3-10,13,17,23H,11H2,1-2H3,(H,21,24)(H,22,25). The lowest BCUT2D eigenvalue weighted by Crippen LogP contribution is -2.41. The summed E-state index contributed by atoms with van der Waals surface area (Å²) in [6.07, 6.45) is -0.504. The monoisotopic (exact) mass is 344 g/mol. The van der Waals surface area contributed by atoms with E-state index in [2.05, 4.69) is 10.6 Å². The first-order valence-electron chi connectivity index (χ1n) is 7.98. The molecular formula is C19H21FN2O3. The van der Waals surface area contributed by atoms with E-state index in [9.17, 15) is 19.1 Å². The molecule has 132 valence electrons. The molecule has 2 aromatic carbocycles. The summed E-state index contributed by atoms with van der Waals surface area (Å²) < 4.78 is 13.7. The van der Waals surface area contributed by atoms with Crippen molar-refractivity contribution < 1.29 is 19.1 Å². The predicted octanol–water partition coefficient (Wildman–Crippen LogP) is 2.70. The summed E-state index contributed by atoms with van der Waals surface area (Å²) in [6.45, 7) is 3.41. The van der Waals surface area contributed by atoms with Gasteiger partial charge in [-0.05, 0) is 43.5 Å². The zero-order chi connectivity index (χ0) is 18.4. The topological polar surface area (TPSA) is 78.4 Å². The van der Waals surface area contributed by atoms with Crippen LogP contribution in [-0.4, -0.2) is 23.0 Å². The predicted molar refractivity (Wildman–Crippen MR) is 93.4 cm³/mol. The number of nitrogens with one attached hydrogen (secondary N) is 2. The Bertz CT molecular complexity index is 750. The number of carbonyl (C=O) groups excluding carboxylic acids is 2. The molecule has 0 fully saturated rings. The molecule has 0 saturated heterocycles. The number of anilines is 1. The minimum Gasteiger partial charge on any atom is -0.388 e. The number of aliphatic hydroxyl groups is 1. The molecule has 0 aliphatic rings. The first-order valence-corrected chi connectivity index (χ1v) is 7.98. The van der Waals surface area contributed by atoms with Crippen molar-refractivity contribution >= 4 is 17.5 Å². The number of halogens is 1. The number of carbonyl (C=O) groups is 2. The lowest BCUT2D eigenvalue weighted by Gasteiger charge is -2.18. The van der Waals surface area contributed by atoms with Gasteiger partial charge in [-0.2, -0.15) is 0 Å². The maximum atomic E-state index is 13.7. The van der Waals surface area contributed by atoms with Gasteiger partial charge < -0.3 is 15.7 Å². The Morgan fingerprint density at radius 2 is 1.80 bits per heavy atom. The van der Waals surface area contributed by atoms with Crippen molar-refractivity contribution in [2.24, 2.45) is 0 Å². The molecule has 2 rings (SSSR count). The van der Waals surface area contributed by atoms with E-state index in [1.54, 1.807) is 32.0 Å². The Morgan fingerprint density at radius 1 is 1.12 bits per heavy atom. The van der Waals surface area contributed by atoms with E-state index in [1.807, 2.05) is 18.2 Å². The summed E-state index contributed by atoms with van der Waals surface area (Å²) in [5, 5.41) is 14.9. The fraction of sp³-hybridized carbons (Fsp3) is 0.263. The summed E-state index contributed by atoms with van der Waals surface area (Å²) in [6, 6.07) is 12.9. The van der Waals surface area contributed by atoms with Crippen molar-refractivity contribution in [2.45, 2.75) is 32.4 Å². The Labute approximate surface area is 145 Å². The third-order valence-corrected chi connectivity index (χ3v) is 3.72. The van der Waals surface area contributed by atoms with Gasteiger partial charge in [0.25, 0.3) is 0 Å². The van der Waals surface area contributed by atoms with Gasteiger partial charge in [0, 0.05) is 6.04 Å². The van der Waals surface area contributed by atoms with Crippen molar-refractivity contribution in [1.82, 2.24) is 5.32 Å². The quantitative estimate of drug-likeness (QED) is 0.730. The first-order chi connectivity index (χ1) is 11.9. The van der Waals surface area contributed by atoms with E-state index in [1.165, 1.54) is 12.1 Å². The van der Waals surface area contributed by atoms with Crippen LogP contribution < -0.4 is 10.6 Å². The first kappa shape index (κ1) is 18.6. The van der Waals surface area contributed by atoms with Gasteiger partial charge in [-0.1, -0.05) is 36.4 Å². The van der Waals surface area contributed by atoms with Crippen LogP contribution in [0.25, 0.3) is 0 Å². The third-order valence-electron chi connectivity index (χ3n) is 3.72. The number of rotatable bonds is 5. The van der Waals surface area contributed by atoms with Gasteiger partial charge in [-0.15, -0.1) is 0 Å². The molecule has 3 N–H and O–H groups in total. The van der Waals surface area contributed by atoms with Crippen molar-refractivity contribution in [3.05, 3.63) is 65.5 Å². The number of benzene rings is 2. The number of aryl methyl sites for hydroxylation is 1. The largest absolute Gasteiger partial charge is 0.388 e. The molecule has 0 aromatic heterocycles. The number of amides is 2. The van der Waals surface area contributed by atoms with Crippen LogP contribution in [0.4, 0.5) is 10.1 Å². The summed E-state index contributed by atoms with van der Waals surface area (Å²) in [5.41, 5.74) is 1.39. The molecule has 0 radical (unpaired) electrons. The van der Waals surface area contributed by atoms with E-state index < -0.39 is 29.8 Å². The number of hydrogen-bond donors (Lipinski definition) is 3. The van der Waals surface area contributed by atoms with Crippen molar-refractivity contribution in [1.29, 1.82) is 0 Å². The Kier molecular flexibility index (Phi) is 6.25. The van der Waals surface area contributed by atoms with Crippen molar-refractivity contribution in [3.8, 4) is 0 Å². The number of aliphatic hydroxyl groups excluding tert-OH is 1. The molecule has 0 spiro atoms. The van der Waals surface area contributed by atoms with Gasteiger partial charge in [0.05, 0.1) is 11.8 Å². The molecule has 2 aromatic rings. The SMILES string of the molecule is Cc1ccc(NC(=O)C(=O)NC(C)CC(O)c2ccccc2)c(F)c1. The minimum atomic E-state index is -0.955. The molecule has 0 aliphatic carbocycles. The van der Waals surface area contributed by atoms with E-state index in [4.69, 9.17) is 0 Å². The van der Waals surface area contributed by atoms with E-state index in [0.29, 0.717) is 5.56 Å². The van der Waals surface area contributed by atoms with Gasteiger partial charge in [-0.3, -0.25) is 9.59 Å². The Morgan fingerprint density at radius 3 is 2.44 bits per heavy atom. The van der Waals surface area contributed by atoms with Crippen LogP contribution in [0.3, 0.4) is 0 Å². The fourth-order valence-corrected chi connectivity index (χ4v) is 2.40. The zero-order valence-electron chi connectivity index (χ0n) is 14.1. The summed E-state index contributed by atoms with van der Waals surface area (Å²) >= 11 is 0. The molecule has 0 aliphatic heterocycles. The molecular weight excluding hydrogens is 323 g/mol. The molecule has 0 bridgehead atoms. The third kappa shape index (κ3) is 5.39. The van der Waals surface area contributed by atoms with Crippen LogP contribution in [0.2, 0.25) is 0 Å². The molecule has 0 heterocycles. The van der Waals surface area contributed by atoms with Crippen LogP contribution in [-0.2, 0) is 9.59 Å². The molecule has 6 heteroatoms. The highest BCUT2D eigenvalue weighted by Gasteiger charge is 2.20. The van der Waals surface area contributed by atoms with Crippen LogP contribution in [0.5, 0.6) is 0 Å². The van der Waals surface area contributed by atoms with Gasteiger partial charge in [0.2, 0.25) is 0 Å². The summed E-state index contributed by atoms with van der Waals surface area (Å²) in [5.74, 6) is -2.44. The molecule has 2 unspecified atom stereocenters. The summed E-state index contributed by atoms with van der Waals surface area (Å²) in [7, 11) is 0. The van der Waals surface area contributed by atoms with Crippen molar-refractivity contribution in [2.75, 3.05) is 5.32 Å². The van der Waals surface area contributed by atoms with Crippen LogP contribution in [0.1, 0.15) is 30.6 Å². The molecule has 2 atom stereocenters. The average Bonchev–Trinajstić information content (AvgIpc) is 2.57. The van der Waals surface area contributed by atoms with Crippen molar-refractivity contribution in [3.63, 3.8) is 0 Å².